The van der Waals surface area contributed by atoms with E-state index in [1.165, 1.54) is 18.2 Å². The van der Waals surface area contributed by atoms with Crippen LogP contribution in [0.4, 0.5) is 5.69 Å². The maximum atomic E-state index is 11.7. The molecule has 0 unspecified atom stereocenters. The van der Waals surface area contributed by atoms with Gasteiger partial charge in [0.25, 0.3) is 0 Å². The van der Waals surface area contributed by atoms with Crippen LogP contribution in [-0.4, -0.2) is 22.2 Å². The zero-order chi connectivity index (χ0) is 15.9. The van der Waals surface area contributed by atoms with Crippen LogP contribution < -0.4 is 5.43 Å². The Hall–Kier alpha value is -3.22. The molecule has 2 rings (SSSR count). The Labute approximate surface area is 126 Å². The van der Waals surface area contributed by atoms with Crippen LogP contribution in [0.25, 0.3) is 0 Å². The summed E-state index contributed by atoms with van der Waals surface area (Å²) in [5.74, 6) is -0.819. The Morgan fingerprint density at radius 3 is 2.64 bits per heavy atom. The van der Waals surface area contributed by atoms with E-state index in [0.717, 1.165) is 11.8 Å². The van der Waals surface area contributed by atoms with Crippen molar-refractivity contribution in [2.24, 2.45) is 5.10 Å². The molecule has 0 aliphatic carbocycles. The summed E-state index contributed by atoms with van der Waals surface area (Å²) >= 11 is 0. The molecule has 0 aliphatic rings. The van der Waals surface area contributed by atoms with Crippen molar-refractivity contribution in [3.63, 3.8) is 0 Å². The molecule has 2 aromatic rings. The molecular formula is C15H13N3O4. The molecule has 0 atom stereocenters. The van der Waals surface area contributed by atoms with Gasteiger partial charge >= 0.3 is 5.69 Å². The van der Waals surface area contributed by atoms with E-state index in [1.54, 1.807) is 0 Å². The maximum absolute atomic E-state index is 11.7. The Balaban J connectivity index is 1.99. The van der Waals surface area contributed by atoms with Crippen LogP contribution in [0.5, 0.6) is 5.75 Å². The number of carbonyl (C=O) groups is 1. The fourth-order valence-electron chi connectivity index (χ4n) is 1.79. The zero-order valence-corrected chi connectivity index (χ0v) is 11.5. The molecule has 7 heteroatoms. The van der Waals surface area contributed by atoms with Crippen molar-refractivity contribution >= 4 is 17.8 Å². The first kappa shape index (κ1) is 15.2. The van der Waals surface area contributed by atoms with Gasteiger partial charge in [0.05, 0.1) is 17.6 Å². The summed E-state index contributed by atoms with van der Waals surface area (Å²) in [6, 6.07) is 13.2. The lowest BCUT2D eigenvalue weighted by molar-refractivity contribution is -0.385. The number of carbonyl (C=O) groups excluding carboxylic acids is 1. The molecule has 7 nitrogen and oxygen atoms in total. The molecule has 0 radical (unpaired) electrons. The molecule has 1 amide bonds. The third-order valence-corrected chi connectivity index (χ3v) is 2.84. The number of nitro groups is 1. The Bertz CT molecular complexity index is 714. The summed E-state index contributed by atoms with van der Waals surface area (Å²) in [7, 11) is 0. The molecular weight excluding hydrogens is 286 g/mol. The second-order valence-electron chi connectivity index (χ2n) is 4.43. The number of para-hydroxylation sites is 1. The predicted octanol–water partition coefficient (Wildman–Crippen LogP) is 1.99. The quantitative estimate of drug-likeness (QED) is 0.500. The van der Waals surface area contributed by atoms with E-state index in [2.05, 4.69) is 10.5 Å². The third-order valence-electron chi connectivity index (χ3n) is 2.84. The van der Waals surface area contributed by atoms with Gasteiger partial charge < -0.3 is 5.11 Å². The predicted molar refractivity (Wildman–Crippen MR) is 80.6 cm³/mol. The largest absolute Gasteiger partial charge is 0.502 e. The highest BCUT2D eigenvalue weighted by Crippen LogP contribution is 2.27. The number of aromatic hydroxyl groups is 1. The minimum Gasteiger partial charge on any atom is -0.502 e. The van der Waals surface area contributed by atoms with Gasteiger partial charge in [0.15, 0.2) is 0 Å². The van der Waals surface area contributed by atoms with E-state index in [4.69, 9.17) is 0 Å². The van der Waals surface area contributed by atoms with E-state index in [1.807, 2.05) is 30.3 Å². The van der Waals surface area contributed by atoms with Gasteiger partial charge in [-0.1, -0.05) is 36.4 Å². The number of nitrogens with one attached hydrogen (secondary N) is 1. The number of amides is 1. The Morgan fingerprint density at radius 2 is 1.95 bits per heavy atom. The molecule has 0 saturated carbocycles. The molecule has 0 aliphatic heterocycles. The zero-order valence-electron chi connectivity index (χ0n) is 11.5. The summed E-state index contributed by atoms with van der Waals surface area (Å²) < 4.78 is 0. The van der Waals surface area contributed by atoms with Crippen molar-refractivity contribution in [3.8, 4) is 5.75 Å². The van der Waals surface area contributed by atoms with Gasteiger partial charge in [0.2, 0.25) is 11.7 Å². The van der Waals surface area contributed by atoms with Crippen LogP contribution in [0.3, 0.4) is 0 Å². The van der Waals surface area contributed by atoms with E-state index >= 15 is 0 Å². The van der Waals surface area contributed by atoms with Crippen molar-refractivity contribution in [1.82, 2.24) is 5.43 Å². The van der Waals surface area contributed by atoms with Gasteiger partial charge in [-0.2, -0.15) is 5.10 Å². The van der Waals surface area contributed by atoms with Crippen molar-refractivity contribution in [3.05, 3.63) is 69.8 Å². The van der Waals surface area contributed by atoms with Gasteiger partial charge in [0.1, 0.15) is 0 Å². The molecule has 22 heavy (non-hydrogen) atoms. The summed E-state index contributed by atoms with van der Waals surface area (Å²) in [4.78, 5) is 21.7. The second-order valence-corrected chi connectivity index (χ2v) is 4.43. The van der Waals surface area contributed by atoms with Crippen LogP contribution in [0, 0.1) is 10.1 Å². The van der Waals surface area contributed by atoms with Crippen molar-refractivity contribution in [2.45, 2.75) is 6.42 Å². The molecule has 0 fully saturated rings. The summed E-state index contributed by atoms with van der Waals surface area (Å²) in [5, 5.41) is 24.1. The van der Waals surface area contributed by atoms with Crippen molar-refractivity contribution in [1.29, 1.82) is 0 Å². The number of hydrogen-bond acceptors (Lipinski definition) is 5. The number of phenolic OH excluding ortho intramolecular Hbond substituents is 1. The van der Waals surface area contributed by atoms with E-state index in [9.17, 15) is 20.0 Å². The van der Waals surface area contributed by atoms with E-state index in [0.29, 0.717) is 0 Å². The molecule has 2 aromatic carbocycles. The van der Waals surface area contributed by atoms with Gasteiger partial charge in [-0.3, -0.25) is 14.9 Å². The van der Waals surface area contributed by atoms with E-state index in [-0.39, 0.29) is 17.9 Å². The van der Waals surface area contributed by atoms with Gasteiger partial charge in [-0.05, 0) is 11.6 Å². The van der Waals surface area contributed by atoms with E-state index < -0.39 is 16.4 Å². The van der Waals surface area contributed by atoms with Crippen LogP contribution in [0.1, 0.15) is 11.1 Å². The second kappa shape index (κ2) is 6.98. The molecule has 2 N–H and O–H groups in total. The number of nitrogens with zero attached hydrogens (tertiary/aromatic N) is 2. The SMILES string of the molecule is O=C(Cc1ccccc1)NN=Cc1cccc([N+](=O)[O-])c1O. The lowest BCUT2D eigenvalue weighted by Gasteiger charge is -2.01. The number of rotatable bonds is 5. The average molecular weight is 299 g/mol. The Morgan fingerprint density at radius 1 is 1.23 bits per heavy atom. The first-order chi connectivity index (χ1) is 10.6. The smallest absolute Gasteiger partial charge is 0.311 e. The minimum atomic E-state index is -0.694. The monoisotopic (exact) mass is 299 g/mol. The number of benzene rings is 2. The molecule has 0 spiro atoms. The van der Waals surface area contributed by atoms with Gasteiger partial charge in [-0.15, -0.1) is 0 Å². The van der Waals surface area contributed by atoms with Crippen LogP contribution in [0.2, 0.25) is 0 Å². The molecule has 0 bridgehead atoms. The summed E-state index contributed by atoms with van der Waals surface area (Å²) in [6.07, 6.45) is 1.32. The fourth-order valence-corrected chi connectivity index (χ4v) is 1.79. The Kier molecular flexibility index (Phi) is 4.81. The lowest BCUT2D eigenvalue weighted by Crippen LogP contribution is -2.19. The summed E-state index contributed by atoms with van der Waals surface area (Å²) in [5.41, 5.74) is 2.88. The number of phenols is 1. The van der Waals surface area contributed by atoms with Gasteiger partial charge in [-0.25, -0.2) is 5.43 Å². The minimum absolute atomic E-state index is 0.147. The molecule has 0 aromatic heterocycles. The third kappa shape index (κ3) is 3.89. The van der Waals surface area contributed by atoms with Crippen LogP contribution in [-0.2, 0) is 11.2 Å². The highest BCUT2D eigenvalue weighted by molar-refractivity contribution is 5.87. The maximum Gasteiger partial charge on any atom is 0.311 e. The van der Waals surface area contributed by atoms with Crippen LogP contribution in [0.15, 0.2) is 53.6 Å². The standard InChI is InChI=1S/C15H13N3O4/c19-14(9-11-5-2-1-3-6-11)17-16-10-12-7-4-8-13(15(12)20)18(21)22/h1-8,10,20H,9H2,(H,17,19). The first-order valence-electron chi connectivity index (χ1n) is 6.40. The summed E-state index contributed by atoms with van der Waals surface area (Å²) in [6.45, 7) is 0. The lowest BCUT2D eigenvalue weighted by atomic mass is 10.1. The van der Waals surface area contributed by atoms with Gasteiger partial charge in [0, 0.05) is 11.6 Å². The number of hydrazone groups is 1. The first-order valence-corrected chi connectivity index (χ1v) is 6.40. The average Bonchev–Trinajstić information content (AvgIpc) is 2.49. The highest BCUT2D eigenvalue weighted by Gasteiger charge is 2.15. The number of hydrogen-bond donors (Lipinski definition) is 2. The molecule has 0 saturated heterocycles. The van der Waals surface area contributed by atoms with Crippen molar-refractivity contribution in [2.75, 3.05) is 0 Å². The molecule has 0 heterocycles. The fraction of sp³-hybridized carbons (Fsp3) is 0.0667. The normalized spacial score (nSPS) is 10.5. The van der Waals surface area contributed by atoms with Crippen molar-refractivity contribution < 1.29 is 14.8 Å². The molecule has 112 valence electrons. The highest BCUT2D eigenvalue weighted by atomic mass is 16.6. The topological polar surface area (TPSA) is 105 Å². The number of nitro benzene ring substituents is 1. The van der Waals surface area contributed by atoms with Crippen LogP contribution >= 0.6 is 0 Å².